The van der Waals surface area contributed by atoms with Crippen LogP contribution in [-0.2, 0) is 0 Å². The standard InChI is InChI=1S/C21H10Cl3NO3/c22-11-8-12-16(15(9-11)25-21(28)10-4-2-1-3-5-10)20(27)18-14(24)7-6-13(23)17(18)19(12)26/h1-9H,(H,25,28). The summed E-state index contributed by atoms with van der Waals surface area (Å²) in [7, 11) is 0. The van der Waals surface area contributed by atoms with E-state index in [4.69, 9.17) is 34.8 Å². The number of nitrogens with one attached hydrogen (secondary N) is 1. The molecule has 0 fully saturated rings. The Balaban J connectivity index is 1.88. The number of halogens is 3. The molecule has 0 aliphatic heterocycles. The van der Waals surface area contributed by atoms with Gasteiger partial charge in [-0.25, -0.2) is 0 Å². The zero-order valence-corrected chi connectivity index (χ0v) is 16.3. The third-order valence-electron chi connectivity index (χ3n) is 4.42. The number of hydrogen-bond acceptors (Lipinski definition) is 3. The van der Waals surface area contributed by atoms with Crippen LogP contribution in [0.25, 0.3) is 0 Å². The maximum atomic E-state index is 13.2. The molecule has 0 bridgehead atoms. The number of amides is 1. The molecular formula is C21H10Cl3NO3. The Hall–Kier alpha value is -2.66. The molecule has 4 nitrogen and oxygen atoms in total. The highest BCUT2D eigenvalue weighted by molar-refractivity contribution is 6.44. The van der Waals surface area contributed by atoms with Gasteiger partial charge in [-0.1, -0.05) is 53.0 Å². The second kappa shape index (κ2) is 7.06. The molecule has 3 aromatic rings. The van der Waals surface area contributed by atoms with Crippen molar-refractivity contribution >= 4 is 58.0 Å². The molecule has 1 N–H and O–H groups in total. The first kappa shape index (κ1) is 18.7. The number of benzene rings is 3. The van der Waals surface area contributed by atoms with Crippen molar-refractivity contribution in [2.24, 2.45) is 0 Å². The van der Waals surface area contributed by atoms with Crippen molar-refractivity contribution in [3.63, 3.8) is 0 Å². The third kappa shape index (κ3) is 3.00. The van der Waals surface area contributed by atoms with Crippen LogP contribution in [0.5, 0.6) is 0 Å². The van der Waals surface area contributed by atoms with Crippen LogP contribution in [0.3, 0.4) is 0 Å². The van der Waals surface area contributed by atoms with Crippen LogP contribution in [0.2, 0.25) is 15.1 Å². The topological polar surface area (TPSA) is 63.2 Å². The van der Waals surface area contributed by atoms with Crippen LogP contribution < -0.4 is 5.32 Å². The predicted octanol–water partition coefficient (Wildman–Crippen LogP) is 5.67. The number of carbonyl (C=O) groups is 3. The first-order valence-electron chi connectivity index (χ1n) is 8.16. The van der Waals surface area contributed by atoms with Crippen molar-refractivity contribution in [1.29, 1.82) is 0 Å². The molecule has 28 heavy (non-hydrogen) atoms. The monoisotopic (exact) mass is 429 g/mol. The van der Waals surface area contributed by atoms with Gasteiger partial charge in [0.05, 0.1) is 32.4 Å². The minimum atomic E-state index is -0.503. The van der Waals surface area contributed by atoms with E-state index in [1.807, 2.05) is 0 Å². The van der Waals surface area contributed by atoms with Crippen LogP contribution in [0.15, 0.2) is 54.6 Å². The molecule has 4 rings (SSSR count). The average Bonchev–Trinajstić information content (AvgIpc) is 2.68. The molecule has 0 unspecified atom stereocenters. The highest BCUT2D eigenvalue weighted by Crippen LogP contribution is 2.39. The summed E-state index contributed by atoms with van der Waals surface area (Å²) < 4.78 is 0. The summed E-state index contributed by atoms with van der Waals surface area (Å²) in [6.45, 7) is 0. The van der Waals surface area contributed by atoms with Crippen LogP contribution in [0, 0.1) is 0 Å². The van der Waals surface area contributed by atoms with E-state index in [-0.39, 0.29) is 43.0 Å². The molecule has 1 aliphatic carbocycles. The maximum Gasteiger partial charge on any atom is 0.255 e. The van der Waals surface area contributed by atoms with Crippen molar-refractivity contribution in [2.45, 2.75) is 0 Å². The number of fused-ring (bicyclic) bond motifs is 2. The lowest BCUT2D eigenvalue weighted by atomic mass is 9.83. The summed E-state index contributed by atoms with van der Waals surface area (Å²) in [5.41, 5.74) is 0.690. The van der Waals surface area contributed by atoms with E-state index in [2.05, 4.69) is 5.32 Å². The lowest BCUT2D eigenvalue weighted by Gasteiger charge is -2.22. The summed E-state index contributed by atoms with van der Waals surface area (Å²) in [4.78, 5) is 38.8. The largest absolute Gasteiger partial charge is 0.321 e. The average molecular weight is 431 g/mol. The van der Waals surface area contributed by atoms with Crippen molar-refractivity contribution in [3.05, 3.63) is 97.5 Å². The predicted molar refractivity (Wildman–Crippen MR) is 109 cm³/mol. The molecule has 0 spiro atoms. The lowest BCUT2D eigenvalue weighted by molar-refractivity contribution is 0.0979. The van der Waals surface area contributed by atoms with Gasteiger partial charge >= 0.3 is 0 Å². The van der Waals surface area contributed by atoms with Gasteiger partial charge < -0.3 is 5.32 Å². The summed E-state index contributed by atoms with van der Waals surface area (Å²) in [6.07, 6.45) is 0. The molecule has 0 heterocycles. The van der Waals surface area contributed by atoms with Gasteiger partial charge in [-0.2, -0.15) is 0 Å². The quantitative estimate of drug-likeness (QED) is 0.445. The van der Waals surface area contributed by atoms with Crippen molar-refractivity contribution in [3.8, 4) is 0 Å². The highest BCUT2D eigenvalue weighted by Gasteiger charge is 2.36. The van der Waals surface area contributed by atoms with Gasteiger partial charge in [0.25, 0.3) is 5.91 Å². The van der Waals surface area contributed by atoms with Gasteiger partial charge in [-0.3, -0.25) is 14.4 Å². The maximum absolute atomic E-state index is 13.2. The fraction of sp³-hybridized carbons (Fsp3) is 0. The van der Waals surface area contributed by atoms with E-state index in [9.17, 15) is 14.4 Å². The molecule has 0 atom stereocenters. The molecule has 0 aromatic heterocycles. The Bertz CT molecular complexity index is 1170. The van der Waals surface area contributed by atoms with Crippen molar-refractivity contribution < 1.29 is 14.4 Å². The minimum Gasteiger partial charge on any atom is -0.321 e. The molecular weight excluding hydrogens is 421 g/mol. The molecule has 7 heteroatoms. The molecule has 3 aromatic carbocycles. The lowest BCUT2D eigenvalue weighted by Crippen LogP contribution is -2.25. The van der Waals surface area contributed by atoms with Crippen LogP contribution in [0.4, 0.5) is 5.69 Å². The fourth-order valence-corrected chi connectivity index (χ4v) is 3.87. The van der Waals surface area contributed by atoms with Gasteiger partial charge in [-0.15, -0.1) is 0 Å². The first-order chi connectivity index (χ1) is 13.4. The number of carbonyl (C=O) groups excluding carboxylic acids is 3. The molecule has 0 saturated carbocycles. The number of hydrogen-bond donors (Lipinski definition) is 1. The summed E-state index contributed by atoms with van der Waals surface area (Å²) in [5, 5.41) is 3.10. The van der Waals surface area contributed by atoms with E-state index in [0.717, 1.165) is 0 Å². The normalized spacial score (nSPS) is 12.4. The molecule has 1 aliphatic rings. The van der Waals surface area contributed by atoms with Gasteiger partial charge in [-0.05, 0) is 36.4 Å². The van der Waals surface area contributed by atoms with Crippen LogP contribution in [0.1, 0.15) is 42.2 Å². The smallest absolute Gasteiger partial charge is 0.255 e. The Morgan fingerprint density at radius 3 is 2.00 bits per heavy atom. The van der Waals surface area contributed by atoms with E-state index >= 15 is 0 Å². The second-order valence-corrected chi connectivity index (χ2v) is 7.38. The van der Waals surface area contributed by atoms with E-state index in [0.29, 0.717) is 5.56 Å². The third-order valence-corrected chi connectivity index (χ3v) is 5.26. The zero-order valence-electron chi connectivity index (χ0n) is 14.1. The highest BCUT2D eigenvalue weighted by atomic mass is 35.5. The Kier molecular flexibility index (Phi) is 4.71. The fourth-order valence-electron chi connectivity index (χ4n) is 3.17. The minimum absolute atomic E-state index is 0.0178. The van der Waals surface area contributed by atoms with Gasteiger partial charge in [0.2, 0.25) is 0 Å². The van der Waals surface area contributed by atoms with Crippen molar-refractivity contribution in [2.75, 3.05) is 5.32 Å². The number of anilines is 1. The van der Waals surface area contributed by atoms with Gasteiger partial charge in [0, 0.05) is 16.1 Å². The van der Waals surface area contributed by atoms with Gasteiger partial charge in [0.1, 0.15) is 0 Å². The Morgan fingerprint density at radius 1 is 0.750 bits per heavy atom. The summed E-state index contributed by atoms with van der Waals surface area (Å²) in [6, 6.07) is 14.2. The zero-order chi connectivity index (χ0) is 20.0. The molecule has 0 saturated heterocycles. The first-order valence-corrected chi connectivity index (χ1v) is 9.29. The molecule has 138 valence electrons. The second-order valence-electron chi connectivity index (χ2n) is 6.13. The van der Waals surface area contributed by atoms with Crippen LogP contribution >= 0.6 is 34.8 Å². The SMILES string of the molecule is O=C(Nc1cc(Cl)cc2c1C(=O)c1c(Cl)ccc(Cl)c1C2=O)c1ccccc1. The Morgan fingerprint density at radius 2 is 1.36 bits per heavy atom. The number of ketones is 2. The van der Waals surface area contributed by atoms with Crippen molar-refractivity contribution in [1.82, 2.24) is 0 Å². The van der Waals surface area contributed by atoms with Gasteiger partial charge in [0.15, 0.2) is 11.6 Å². The van der Waals surface area contributed by atoms with Crippen LogP contribution in [-0.4, -0.2) is 17.5 Å². The van der Waals surface area contributed by atoms with E-state index < -0.39 is 17.5 Å². The molecule has 0 radical (unpaired) electrons. The molecule has 1 amide bonds. The van der Waals surface area contributed by atoms with E-state index in [1.54, 1.807) is 30.3 Å². The Labute approximate surface area is 175 Å². The summed E-state index contributed by atoms with van der Waals surface area (Å²) in [5.74, 6) is -1.42. The van der Waals surface area contributed by atoms with E-state index in [1.165, 1.54) is 24.3 Å². The summed E-state index contributed by atoms with van der Waals surface area (Å²) >= 11 is 18.5. The number of rotatable bonds is 2.